The lowest BCUT2D eigenvalue weighted by molar-refractivity contribution is -0.205. The summed E-state index contributed by atoms with van der Waals surface area (Å²) < 4.78 is 65.1. The summed E-state index contributed by atoms with van der Waals surface area (Å²) in [6.45, 7) is -1.01. The van der Waals surface area contributed by atoms with E-state index < -0.39 is 24.7 Å². The van der Waals surface area contributed by atoms with Gasteiger partial charge in [0.05, 0.1) is 6.54 Å². The SMILES string of the molecule is FC1CN(c2ccccc2)C(F)(F)C1(F)F. The molecule has 16 heavy (non-hydrogen) atoms. The summed E-state index contributed by atoms with van der Waals surface area (Å²) in [5.74, 6) is -4.65. The minimum atomic E-state index is -4.65. The summed E-state index contributed by atoms with van der Waals surface area (Å²) in [5.41, 5.74) is -0.118. The van der Waals surface area contributed by atoms with Crippen molar-refractivity contribution in [2.75, 3.05) is 11.4 Å². The Kier molecular flexibility index (Phi) is 2.32. The number of benzene rings is 1. The van der Waals surface area contributed by atoms with E-state index in [4.69, 9.17) is 0 Å². The normalized spacial score (nSPS) is 27.1. The standard InChI is InChI=1S/C10H8F5N/c11-8-6-16(7-4-2-1-3-5-7)10(14,15)9(8,12)13/h1-5,8H,6H2. The fourth-order valence-electron chi connectivity index (χ4n) is 1.63. The summed E-state index contributed by atoms with van der Waals surface area (Å²) in [7, 11) is 0. The third-order valence-electron chi connectivity index (χ3n) is 2.54. The predicted octanol–water partition coefficient (Wildman–Crippen LogP) is 3.07. The Morgan fingerprint density at radius 2 is 1.62 bits per heavy atom. The van der Waals surface area contributed by atoms with Crippen LogP contribution in [0.3, 0.4) is 0 Å². The van der Waals surface area contributed by atoms with Crippen LogP contribution in [0.4, 0.5) is 27.6 Å². The molecule has 0 aliphatic carbocycles. The van der Waals surface area contributed by atoms with Gasteiger partial charge in [-0.05, 0) is 12.1 Å². The number of para-hydroxylation sites is 1. The molecule has 0 aromatic heterocycles. The van der Waals surface area contributed by atoms with E-state index >= 15 is 0 Å². The van der Waals surface area contributed by atoms with Crippen LogP contribution in [0.2, 0.25) is 0 Å². The minimum Gasteiger partial charge on any atom is -0.305 e. The average molecular weight is 237 g/mol. The van der Waals surface area contributed by atoms with Gasteiger partial charge in [-0.1, -0.05) is 18.2 Å². The minimum absolute atomic E-state index is 0.0949. The summed E-state index contributed by atoms with van der Waals surface area (Å²) in [6.07, 6.45) is -2.86. The van der Waals surface area contributed by atoms with Gasteiger partial charge in [-0.3, -0.25) is 0 Å². The van der Waals surface area contributed by atoms with Gasteiger partial charge in [0.15, 0.2) is 6.17 Å². The van der Waals surface area contributed by atoms with Crippen molar-refractivity contribution in [3.8, 4) is 0 Å². The molecule has 1 aromatic rings. The highest BCUT2D eigenvalue weighted by Gasteiger charge is 2.71. The lowest BCUT2D eigenvalue weighted by Crippen LogP contribution is -2.48. The zero-order chi connectivity index (χ0) is 12.0. The summed E-state index contributed by atoms with van der Waals surface area (Å²) in [5, 5.41) is 0. The molecule has 1 aliphatic rings. The maximum Gasteiger partial charge on any atom is 0.391 e. The molecule has 1 aliphatic heterocycles. The molecule has 0 bridgehead atoms. The maximum absolute atomic E-state index is 13.3. The van der Waals surface area contributed by atoms with E-state index in [1.807, 2.05) is 0 Å². The van der Waals surface area contributed by atoms with Crippen molar-refractivity contribution >= 4 is 5.69 Å². The number of anilines is 1. The number of halogens is 5. The van der Waals surface area contributed by atoms with E-state index in [2.05, 4.69) is 0 Å². The van der Waals surface area contributed by atoms with Gasteiger partial charge in [0.1, 0.15) is 0 Å². The molecule has 0 saturated carbocycles. The molecule has 88 valence electrons. The second-order valence-corrected chi connectivity index (χ2v) is 3.58. The smallest absolute Gasteiger partial charge is 0.305 e. The van der Waals surface area contributed by atoms with Gasteiger partial charge in [-0.2, -0.15) is 17.6 Å². The van der Waals surface area contributed by atoms with Gasteiger partial charge in [0.25, 0.3) is 0 Å². The quantitative estimate of drug-likeness (QED) is 0.536. The number of hydrogen-bond acceptors (Lipinski definition) is 1. The Hall–Kier alpha value is -1.33. The Labute approximate surface area is 88.5 Å². The van der Waals surface area contributed by atoms with Gasteiger partial charge < -0.3 is 4.90 Å². The van der Waals surface area contributed by atoms with Crippen LogP contribution < -0.4 is 4.90 Å². The molecule has 1 heterocycles. The van der Waals surface area contributed by atoms with Crippen LogP contribution >= 0.6 is 0 Å². The first kappa shape index (κ1) is 11.2. The molecule has 0 amide bonds. The molecule has 1 unspecified atom stereocenters. The Balaban J connectivity index is 2.39. The van der Waals surface area contributed by atoms with Crippen LogP contribution in [0.1, 0.15) is 0 Å². The third-order valence-corrected chi connectivity index (χ3v) is 2.54. The zero-order valence-electron chi connectivity index (χ0n) is 8.01. The lowest BCUT2D eigenvalue weighted by Gasteiger charge is -2.27. The first-order chi connectivity index (χ1) is 7.37. The highest BCUT2D eigenvalue weighted by atomic mass is 19.3. The van der Waals surface area contributed by atoms with Gasteiger partial charge in [-0.25, -0.2) is 4.39 Å². The molecule has 1 saturated heterocycles. The van der Waals surface area contributed by atoms with Gasteiger partial charge in [-0.15, -0.1) is 0 Å². The van der Waals surface area contributed by atoms with Gasteiger partial charge in [0.2, 0.25) is 0 Å². The van der Waals surface area contributed by atoms with Crippen molar-refractivity contribution in [2.24, 2.45) is 0 Å². The van der Waals surface area contributed by atoms with E-state index in [9.17, 15) is 22.0 Å². The largest absolute Gasteiger partial charge is 0.391 e. The number of hydrogen-bond donors (Lipinski definition) is 0. The van der Waals surface area contributed by atoms with Crippen LogP contribution in [0.5, 0.6) is 0 Å². The summed E-state index contributed by atoms with van der Waals surface area (Å²) >= 11 is 0. The van der Waals surface area contributed by atoms with Crippen LogP contribution in [0, 0.1) is 0 Å². The summed E-state index contributed by atoms with van der Waals surface area (Å²) in [6, 6.07) is 2.39. The second kappa shape index (κ2) is 3.33. The predicted molar refractivity (Wildman–Crippen MR) is 48.6 cm³/mol. The topological polar surface area (TPSA) is 3.24 Å². The first-order valence-corrected chi connectivity index (χ1v) is 4.60. The molecule has 2 rings (SSSR count). The van der Waals surface area contributed by atoms with Crippen LogP contribution in [-0.4, -0.2) is 24.7 Å². The lowest BCUT2D eigenvalue weighted by atomic mass is 10.2. The maximum atomic E-state index is 13.3. The molecule has 1 atom stereocenters. The van der Waals surface area contributed by atoms with E-state index in [-0.39, 0.29) is 10.6 Å². The highest BCUT2D eigenvalue weighted by Crippen LogP contribution is 2.48. The van der Waals surface area contributed by atoms with Gasteiger partial charge >= 0.3 is 12.0 Å². The van der Waals surface area contributed by atoms with Crippen molar-refractivity contribution in [1.29, 1.82) is 0 Å². The van der Waals surface area contributed by atoms with Crippen molar-refractivity contribution in [3.63, 3.8) is 0 Å². The highest BCUT2D eigenvalue weighted by molar-refractivity contribution is 5.50. The van der Waals surface area contributed by atoms with Crippen molar-refractivity contribution in [1.82, 2.24) is 0 Å². The number of alkyl halides is 5. The molecule has 0 radical (unpaired) electrons. The molecule has 6 heteroatoms. The molecular weight excluding hydrogens is 229 g/mol. The van der Waals surface area contributed by atoms with Crippen LogP contribution in [0.15, 0.2) is 30.3 Å². The average Bonchev–Trinajstić information content (AvgIpc) is 2.40. The van der Waals surface area contributed by atoms with Crippen molar-refractivity contribution < 1.29 is 22.0 Å². The molecule has 1 aromatic carbocycles. The molecule has 0 spiro atoms. The number of nitrogens with zero attached hydrogens (tertiary/aromatic N) is 1. The Morgan fingerprint density at radius 1 is 1.06 bits per heavy atom. The van der Waals surface area contributed by atoms with E-state index in [1.54, 1.807) is 6.07 Å². The molecule has 1 fully saturated rings. The van der Waals surface area contributed by atoms with Crippen LogP contribution in [0.25, 0.3) is 0 Å². The molecule has 0 N–H and O–H groups in total. The fourth-order valence-corrected chi connectivity index (χ4v) is 1.63. The molecular formula is C10H8F5N. The Morgan fingerprint density at radius 3 is 2.06 bits per heavy atom. The second-order valence-electron chi connectivity index (χ2n) is 3.58. The third kappa shape index (κ3) is 1.36. The van der Waals surface area contributed by atoms with Crippen molar-refractivity contribution in [2.45, 2.75) is 18.1 Å². The van der Waals surface area contributed by atoms with Crippen molar-refractivity contribution in [3.05, 3.63) is 30.3 Å². The van der Waals surface area contributed by atoms with Gasteiger partial charge in [0, 0.05) is 5.69 Å². The van der Waals surface area contributed by atoms with E-state index in [0.717, 1.165) is 0 Å². The van der Waals surface area contributed by atoms with E-state index in [1.165, 1.54) is 24.3 Å². The monoisotopic (exact) mass is 237 g/mol. The van der Waals surface area contributed by atoms with Crippen LogP contribution in [-0.2, 0) is 0 Å². The Bertz CT molecular complexity index is 378. The zero-order valence-corrected chi connectivity index (χ0v) is 8.01. The first-order valence-electron chi connectivity index (χ1n) is 4.60. The number of rotatable bonds is 1. The molecule has 1 nitrogen and oxygen atoms in total. The summed E-state index contributed by atoms with van der Waals surface area (Å²) in [4.78, 5) is 0.0949. The fraction of sp³-hybridized carbons (Fsp3) is 0.400. The van der Waals surface area contributed by atoms with E-state index in [0.29, 0.717) is 0 Å².